The second-order valence-corrected chi connectivity index (χ2v) is 9.05. The second kappa shape index (κ2) is 11.3. The highest BCUT2D eigenvalue weighted by Gasteiger charge is 2.22. The first-order valence-electron chi connectivity index (χ1n) is 12.5. The topological polar surface area (TPSA) is 114 Å². The minimum absolute atomic E-state index is 0.0550. The number of nitrogens with one attached hydrogen (secondary N) is 2. The van der Waals surface area contributed by atoms with E-state index in [0.717, 1.165) is 18.5 Å². The number of amides is 1. The standard InChI is InChI=1S/C28H28FN7O3/c1-4-27(37)36-11-8-18(9-12-36)34-24-14-20-23(15-25(24)38-3)31-16-32-28(20)35-22-6-5-19(13-21(22)29)39-26-7-10-30-17(2)33-26/h4-7,10,13-16,18,34H,1,8-9,11-12H2,2-3H3,(H,31,32,35). The lowest BCUT2D eigenvalue weighted by Gasteiger charge is -2.32. The SMILES string of the molecule is C=CC(=O)N1CCC(Nc2cc3c(Nc4ccc(Oc5ccnc(C)n5)cc4F)ncnc3cc2OC)CC1. The number of ether oxygens (including phenoxy) is 2. The fourth-order valence-electron chi connectivity index (χ4n) is 4.46. The van der Waals surface area contributed by atoms with Crippen LogP contribution in [0.4, 0.5) is 21.6 Å². The summed E-state index contributed by atoms with van der Waals surface area (Å²) in [6, 6.07) is 9.97. The van der Waals surface area contributed by atoms with Crippen LogP contribution in [0.15, 0.2) is 61.6 Å². The maximum absolute atomic E-state index is 15.1. The smallest absolute Gasteiger partial charge is 0.245 e. The summed E-state index contributed by atoms with van der Waals surface area (Å²) < 4.78 is 26.3. The van der Waals surface area contributed by atoms with Gasteiger partial charge in [-0.3, -0.25) is 4.79 Å². The van der Waals surface area contributed by atoms with E-state index in [1.54, 1.807) is 43.3 Å². The Hall–Kier alpha value is -4.80. The number of aromatic nitrogens is 4. The molecule has 2 aromatic heterocycles. The molecule has 1 aliphatic rings. The quantitative estimate of drug-likeness (QED) is 0.304. The second-order valence-electron chi connectivity index (χ2n) is 9.05. The van der Waals surface area contributed by atoms with Gasteiger partial charge in [0.1, 0.15) is 35.3 Å². The Bertz CT molecular complexity index is 1520. The molecule has 0 saturated carbocycles. The summed E-state index contributed by atoms with van der Waals surface area (Å²) in [4.78, 5) is 30.6. The van der Waals surface area contributed by atoms with Crippen LogP contribution < -0.4 is 20.1 Å². The normalized spacial score (nSPS) is 13.7. The summed E-state index contributed by atoms with van der Waals surface area (Å²) >= 11 is 0. The highest BCUT2D eigenvalue weighted by Crippen LogP contribution is 2.35. The van der Waals surface area contributed by atoms with Crippen molar-refractivity contribution in [3.63, 3.8) is 0 Å². The molecule has 5 rings (SSSR count). The first-order chi connectivity index (χ1) is 18.9. The Morgan fingerprint density at radius 1 is 1.13 bits per heavy atom. The van der Waals surface area contributed by atoms with Crippen molar-refractivity contribution in [2.24, 2.45) is 0 Å². The van der Waals surface area contributed by atoms with Crippen LogP contribution >= 0.6 is 0 Å². The highest BCUT2D eigenvalue weighted by atomic mass is 19.1. The lowest BCUT2D eigenvalue weighted by atomic mass is 10.0. The van der Waals surface area contributed by atoms with Gasteiger partial charge in [0, 0.05) is 48.9 Å². The van der Waals surface area contributed by atoms with Crippen molar-refractivity contribution < 1.29 is 18.7 Å². The number of piperidine rings is 1. The summed E-state index contributed by atoms with van der Waals surface area (Å²) in [7, 11) is 1.60. The van der Waals surface area contributed by atoms with Crippen molar-refractivity contribution in [1.29, 1.82) is 0 Å². The van der Waals surface area contributed by atoms with Crippen LogP contribution in [0.1, 0.15) is 18.7 Å². The monoisotopic (exact) mass is 529 g/mol. The third-order valence-corrected chi connectivity index (χ3v) is 6.46. The average molecular weight is 530 g/mol. The van der Waals surface area contributed by atoms with Gasteiger partial charge in [0.15, 0.2) is 0 Å². The molecule has 0 atom stereocenters. The molecule has 1 fully saturated rings. The number of carbonyl (C=O) groups excluding carboxylic acids is 1. The molecule has 200 valence electrons. The van der Waals surface area contributed by atoms with Gasteiger partial charge in [-0.25, -0.2) is 19.3 Å². The summed E-state index contributed by atoms with van der Waals surface area (Å²) in [6.07, 6.45) is 5.90. The van der Waals surface area contributed by atoms with Gasteiger partial charge in [-0.15, -0.1) is 0 Å². The van der Waals surface area contributed by atoms with E-state index in [9.17, 15) is 4.79 Å². The van der Waals surface area contributed by atoms with Crippen molar-refractivity contribution in [2.45, 2.75) is 25.8 Å². The van der Waals surface area contributed by atoms with E-state index in [-0.39, 0.29) is 17.6 Å². The zero-order valence-electron chi connectivity index (χ0n) is 21.6. The molecule has 1 amide bonds. The van der Waals surface area contributed by atoms with Gasteiger partial charge in [-0.1, -0.05) is 6.58 Å². The molecule has 0 radical (unpaired) electrons. The molecule has 1 saturated heterocycles. The molecule has 0 aliphatic carbocycles. The largest absolute Gasteiger partial charge is 0.495 e. The predicted molar refractivity (Wildman–Crippen MR) is 146 cm³/mol. The molecule has 0 bridgehead atoms. The fraction of sp³-hybridized carbons (Fsp3) is 0.250. The number of aryl methyl sites for hydroxylation is 1. The van der Waals surface area contributed by atoms with Crippen LogP contribution in [0.5, 0.6) is 17.4 Å². The van der Waals surface area contributed by atoms with Gasteiger partial charge >= 0.3 is 0 Å². The molecular weight excluding hydrogens is 501 g/mol. The third kappa shape index (κ3) is 5.87. The predicted octanol–water partition coefficient (Wildman–Crippen LogP) is 5.00. The van der Waals surface area contributed by atoms with E-state index in [4.69, 9.17) is 9.47 Å². The molecule has 10 nitrogen and oxygen atoms in total. The van der Waals surface area contributed by atoms with Gasteiger partial charge in [0.25, 0.3) is 0 Å². The molecule has 39 heavy (non-hydrogen) atoms. The zero-order valence-corrected chi connectivity index (χ0v) is 21.6. The van der Waals surface area contributed by atoms with E-state index >= 15 is 4.39 Å². The van der Waals surface area contributed by atoms with Gasteiger partial charge in [0.2, 0.25) is 11.8 Å². The minimum Gasteiger partial charge on any atom is -0.495 e. The Morgan fingerprint density at radius 3 is 2.67 bits per heavy atom. The van der Waals surface area contributed by atoms with E-state index in [0.29, 0.717) is 53.0 Å². The summed E-state index contributed by atoms with van der Waals surface area (Å²) in [5.74, 6) is 1.69. The number of methoxy groups -OCH3 is 1. The van der Waals surface area contributed by atoms with Crippen LogP contribution in [0.25, 0.3) is 10.9 Å². The zero-order chi connectivity index (χ0) is 27.4. The number of likely N-dealkylation sites (tertiary alicyclic amines) is 1. The van der Waals surface area contributed by atoms with Gasteiger partial charge < -0.3 is 25.0 Å². The summed E-state index contributed by atoms with van der Waals surface area (Å²) in [6.45, 7) is 6.60. The van der Waals surface area contributed by atoms with Crippen LogP contribution in [0.3, 0.4) is 0 Å². The van der Waals surface area contributed by atoms with Crippen molar-refractivity contribution in [1.82, 2.24) is 24.8 Å². The minimum atomic E-state index is -0.516. The lowest BCUT2D eigenvalue weighted by molar-refractivity contribution is -0.126. The van der Waals surface area contributed by atoms with Crippen molar-refractivity contribution in [2.75, 3.05) is 30.8 Å². The molecule has 0 spiro atoms. The Morgan fingerprint density at radius 2 is 1.95 bits per heavy atom. The number of hydrogen-bond acceptors (Lipinski definition) is 9. The number of fused-ring (bicyclic) bond motifs is 1. The van der Waals surface area contributed by atoms with Gasteiger partial charge in [-0.05, 0) is 44.0 Å². The van der Waals surface area contributed by atoms with Crippen LogP contribution in [0, 0.1) is 12.7 Å². The molecule has 1 aliphatic heterocycles. The van der Waals surface area contributed by atoms with Crippen LogP contribution in [0.2, 0.25) is 0 Å². The van der Waals surface area contributed by atoms with Crippen LogP contribution in [-0.4, -0.2) is 57.0 Å². The molecule has 11 heteroatoms. The summed E-state index contributed by atoms with van der Waals surface area (Å²) in [5.41, 5.74) is 1.63. The van der Waals surface area contributed by atoms with E-state index in [2.05, 4.69) is 37.1 Å². The fourth-order valence-corrected chi connectivity index (χ4v) is 4.46. The molecule has 2 N–H and O–H groups in total. The maximum atomic E-state index is 15.1. The highest BCUT2D eigenvalue weighted by molar-refractivity contribution is 5.95. The number of rotatable bonds is 8. The van der Waals surface area contributed by atoms with Crippen molar-refractivity contribution >= 4 is 34.0 Å². The van der Waals surface area contributed by atoms with Crippen LogP contribution in [-0.2, 0) is 4.79 Å². The summed E-state index contributed by atoms with van der Waals surface area (Å²) in [5, 5.41) is 7.30. The Balaban J connectivity index is 1.36. The molecule has 0 unspecified atom stereocenters. The Kier molecular flexibility index (Phi) is 7.48. The number of halogens is 1. The molecule has 3 heterocycles. The maximum Gasteiger partial charge on any atom is 0.245 e. The van der Waals surface area contributed by atoms with Crippen molar-refractivity contribution in [3.8, 4) is 17.4 Å². The number of carbonyl (C=O) groups is 1. The van der Waals surface area contributed by atoms with E-state index in [1.807, 2.05) is 12.1 Å². The number of benzene rings is 2. The number of hydrogen-bond donors (Lipinski definition) is 2. The first-order valence-corrected chi connectivity index (χ1v) is 12.5. The average Bonchev–Trinajstić information content (AvgIpc) is 2.94. The lowest BCUT2D eigenvalue weighted by Crippen LogP contribution is -2.41. The third-order valence-electron chi connectivity index (χ3n) is 6.46. The molecular formula is C28H28FN7O3. The number of anilines is 3. The molecule has 2 aromatic carbocycles. The Labute approximate surface area is 224 Å². The van der Waals surface area contributed by atoms with E-state index < -0.39 is 5.82 Å². The molecule has 4 aromatic rings. The first kappa shape index (κ1) is 25.8. The van der Waals surface area contributed by atoms with Crippen molar-refractivity contribution in [3.05, 3.63) is 73.2 Å². The van der Waals surface area contributed by atoms with Gasteiger partial charge in [0.05, 0.1) is 24.0 Å². The van der Waals surface area contributed by atoms with Gasteiger partial charge in [-0.2, -0.15) is 4.98 Å². The van der Waals surface area contributed by atoms with E-state index in [1.165, 1.54) is 18.5 Å². The number of nitrogens with zero attached hydrogens (tertiary/aromatic N) is 5.